The van der Waals surface area contributed by atoms with Crippen LogP contribution in [0.5, 0.6) is 0 Å². The van der Waals surface area contributed by atoms with Gasteiger partial charge in [-0.2, -0.15) is 0 Å². The van der Waals surface area contributed by atoms with Gasteiger partial charge in [0, 0.05) is 30.3 Å². The number of rotatable bonds is 8. The first-order chi connectivity index (χ1) is 14.1. The highest BCUT2D eigenvalue weighted by Gasteiger charge is 2.28. The molecule has 0 aliphatic heterocycles. The Morgan fingerprint density at radius 2 is 2.00 bits per heavy atom. The van der Waals surface area contributed by atoms with Crippen molar-refractivity contribution in [3.8, 4) is 0 Å². The number of amides is 1. The van der Waals surface area contributed by atoms with E-state index < -0.39 is 22.1 Å². The van der Waals surface area contributed by atoms with E-state index in [2.05, 4.69) is 4.98 Å². The van der Waals surface area contributed by atoms with Gasteiger partial charge in [0.2, 0.25) is 0 Å². The van der Waals surface area contributed by atoms with E-state index in [-0.39, 0.29) is 40.8 Å². The van der Waals surface area contributed by atoms with Crippen LogP contribution in [0, 0.1) is 23.0 Å². The summed E-state index contributed by atoms with van der Waals surface area (Å²) in [6.45, 7) is 7.59. The lowest BCUT2D eigenvalue weighted by atomic mass is 10.0. The van der Waals surface area contributed by atoms with Crippen molar-refractivity contribution < 1.29 is 9.72 Å². The Balaban J connectivity index is 2.69. The lowest BCUT2D eigenvalue weighted by Gasteiger charge is -2.26. The number of nitro benzene ring substituents is 1. The first-order valence-corrected chi connectivity index (χ1v) is 9.78. The maximum absolute atomic E-state index is 13.4. The average Bonchev–Trinajstić information content (AvgIpc) is 2.66. The SMILES string of the molecule is CCCCn1c(N)c(N(CC(C)C)C(=O)c2cccc([N+](=O)[O-])c2C)c(=O)[nH]c1=O. The number of anilines is 2. The lowest BCUT2D eigenvalue weighted by molar-refractivity contribution is -0.385. The minimum Gasteiger partial charge on any atom is -0.383 e. The number of nitrogens with zero attached hydrogens (tertiary/aromatic N) is 3. The third-order valence-electron chi connectivity index (χ3n) is 4.74. The summed E-state index contributed by atoms with van der Waals surface area (Å²) in [6, 6.07) is 4.20. The molecule has 0 radical (unpaired) electrons. The number of nitrogens with two attached hydrogens (primary N) is 1. The first kappa shape index (κ1) is 22.9. The molecule has 0 aliphatic rings. The monoisotopic (exact) mass is 417 g/mol. The second kappa shape index (κ2) is 9.38. The third-order valence-corrected chi connectivity index (χ3v) is 4.74. The molecule has 30 heavy (non-hydrogen) atoms. The highest BCUT2D eigenvalue weighted by atomic mass is 16.6. The average molecular weight is 417 g/mol. The van der Waals surface area contributed by atoms with Gasteiger partial charge in [-0.1, -0.05) is 33.3 Å². The Kier molecular flexibility index (Phi) is 7.14. The minimum atomic E-state index is -0.776. The molecule has 1 amide bonds. The molecule has 0 unspecified atom stereocenters. The van der Waals surface area contributed by atoms with Crippen molar-refractivity contribution in [2.75, 3.05) is 17.2 Å². The van der Waals surface area contributed by atoms with Gasteiger partial charge in [0.25, 0.3) is 17.2 Å². The molecule has 3 N–H and O–H groups in total. The number of nitrogens with one attached hydrogen (secondary N) is 1. The van der Waals surface area contributed by atoms with Crippen LogP contribution >= 0.6 is 0 Å². The molecule has 0 saturated heterocycles. The van der Waals surface area contributed by atoms with Crippen molar-refractivity contribution in [3.05, 3.63) is 60.3 Å². The lowest BCUT2D eigenvalue weighted by Crippen LogP contribution is -2.43. The summed E-state index contributed by atoms with van der Waals surface area (Å²) in [5.41, 5.74) is 4.72. The standard InChI is InChI=1S/C20H27N5O5/c1-5-6-10-23-17(21)16(18(26)22-20(23)28)24(11-12(2)3)19(27)14-8-7-9-15(13(14)4)25(29)30/h7-9,12H,5-6,10-11,21H2,1-4H3,(H,22,26,28). The van der Waals surface area contributed by atoms with E-state index >= 15 is 0 Å². The molecule has 162 valence electrons. The molecule has 0 fully saturated rings. The number of hydrogen-bond acceptors (Lipinski definition) is 6. The Morgan fingerprint density at radius 1 is 1.33 bits per heavy atom. The van der Waals surface area contributed by atoms with E-state index in [9.17, 15) is 24.5 Å². The Hall–Kier alpha value is -3.43. The van der Waals surface area contributed by atoms with E-state index in [1.165, 1.54) is 34.6 Å². The normalized spacial score (nSPS) is 11.0. The van der Waals surface area contributed by atoms with Crippen molar-refractivity contribution in [2.24, 2.45) is 5.92 Å². The molecular weight excluding hydrogens is 390 g/mol. The molecular formula is C20H27N5O5. The maximum atomic E-state index is 13.4. The fourth-order valence-corrected chi connectivity index (χ4v) is 3.22. The third kappa shape index (κ3) is 4.58. The van der Waals surface area contributed by atoms with Crippen LogP contribution in [-0.2, 0) is 6.54 Å². The zero-order valence-corrected chi connectivity index (χ0v) is 17.6. The smallest absolute Gasteiger partial charge is 0.330 e. The largest absolute Gasteiger partial charge is 0.383 e. The number of H-pyrrole nitrogens is 1. The molecule has 0 spiro atoms. The molecule has 10 heteroatoms. The topological polar surface area (TPSA) is 144 Å². The van der Waals surface area contributed by atoms with Gasteiger partial charge in [0.15, 0.2) is 5.69 Å². The van der Waals surface area contributed by atoms with Crippen molar-refractivity contribution in [1.82, 2.24) is 9.55 Å². The molecule has 1 aromatic heterocycles. The number of benzene rings is 1. The highest BCUT2D eigenvalue weighted by Crippen LogP contribution is 2.26. The Labute approximate surface area is 173 Å². The van der Waals surface area contributed by atoms with E-state index in [1.54, 1.807) is 0 Å². The summed E-state index contributed by atoms with van der Waals surface area (Å²) < 4.78 is 1.24. The molecule has 2 rings (SSSR count). The van der Waals surface area contributed by atoms with E-state index in [1.807, 2.05) is 20.8 Å². The number of hydrogen-bond donors (Lipinski definition) is 2. The van der Waals surface area contributed by atoms with Crippen LogP contribution in [0.2, 0.25) is 0 Å². The van der Waals surface area contributed by atoms with Gasteiger partial charge in [0.1, 0.15) is 5.82 Å². The number of aromatic amines is 1. The fourth-order valence-electron chi connectivity index (χ4n) is 3.22. The molecule has 0 saturated carbocycles. The molecule has 1 aromatic carbocycles. The number of unbranched alkanes of at least 4 members (excludes halogenated alkanes) is 1. The van der Waals surface area contributed by atoms with Crippen LogP contribution in [-0.4, -0.2) is 26.9 Å². The summed E-state index contributed by atoms with van der Waals surface area (Å²) in [7, 11) is 0. The van der Waals surface area contributed by atoms with Gasteiger partial charge < -0.3 is 10.6 Å². The molecule has 10 nitrogen and oxygen atoms in total. The number of carbonyl (C=O) groups is 1. The van der Waals surface area contributed by atoms with Crippen LogP contribution < -0.4 is 21.9 Å². The van der Waals surface area contributed by atoms with Gasteiger partial charge in [-0.3, -0.25) is 29.3 Å². The van der Waals surface area contributed by atoms with Crippen LogP contribution in [0.1, 0.15) is 49.5 Å². The molecule has 0 bridgehead atoms. The molecule has 2 aromatic rings. The van der Waals surface area contributed by atoms with E-state index in [0.29, 0.717) is 13.0 Å². The van der Waals surface area contributed by atoms with Crippen LogP contribution in [0.25, 0.3) is 0 Å². The summed E-state index contributed by atoms with van der Waals surface area (Å²) in [5.74, 6) is -0.736. The van der Waals surface area contributed by atoms with Crippen molar-refractivity contribution in [1.29, 1.82) is 0 Å². The van der Waals surface area contributed by atoms with Gasteiger partial charge >= 0.3 is 5.69 Å². The molecule has 0 aliphatic carbocycles. The summed E-state index contributed by atoms with van der Waals surface area (Å²) in [5, 5.41) is 11.3. The first-order valence-electron chi connectivity index (χ1n) is 9.78. The minimum absolute atomic E-state index is 0.0391. The van der Waals surface area contributed by atoms with E-state index in [4.69, 9.17) is 5.73 Å². The van der Waals surface area contributed by atoms with Crippen molar-refractivity contribution in [3.63, 3.8) is 0 Å². The van der Waals surface area contributed by atoms with Crippen LogP contribution in [0.3, 0.4) is 0 Å². The number of nitrogen functional groups attached to an aromatic ring is 1. The van der Waals surface area contributed by atoms with Gasteiger partial charge in [-0.05, 0) is 25.3 Å². The van der Waals surface area contributed by atoms with Crippen molar-refractivity contribution in [2.45, 2.75) is 47.1 Å². The number of nitro groups is 1. The quantitative estimate of drug-likeness (QED) is 0.498. The highest BCUT2D eigenvalue weighted by molar-refractivity contribution is 6.08. The van der Waals surface area contributed by atoms with Crippen molar-refractivity contribution >= 4 is 23.1 Å². The van der Waals surface area contributed by atoms with Crippen LogP contribution in [0.4, 0.5) is 17.2 Å². The zero-order valence-electron chi connectivity index (χ0n) is 17.6. The van der Waals surface area contributed by atoms with Gasteiger partial charge in [0.05, 0.1) is 4.92 Å². The summed E-state index contributed by atoms with van der Waals surface area (Å²) in [4.78, 5) is 52.4. The predicted molar refractivity (Wildman–Crippen MR) is 115 cm³/mol. The number of carbonyl (C=O) groups excluding carboxylic acids is 1. The number of aromatic nitrogens is 2. The van der Waals surface area contributed by atoms with Gasteiger partial charge in [-0.25, -0.2) is 4.79 Å². The fraction of sp³-hybridized carbons (Fsp3) is 0.450. The Morgan fingerprint density at radius 3 is 2.57 bits per heavy atom. The second-order valence-electron chi connectivity index (χ2n) is 7.51. The maximum Gasteiger partial charge on any atom is 0.330 e. The molecule has 1 heterocycles. The van der Waals surface area contributed by atoms with Gasteiger partial charge in [-0.15, -0.1) is 0 Å². The predicted octanol–water partition coefficient (Wildman–Crippen LogP) is 2.44. The summed E-state index contributed by atoms with van der Waals surface area (Å²) >= 11 is 0. The second-order valence-corrected chi connectivity index (χ2v) is 7.51. The van der Waals surface area contributed by atoms with Crippen LogP contribution in [0.15, 0.2) is 27.8 Å². The van der Waals surface area contributed by atoms with E-state index in [0.717, 1.165) is 6.42 Å². The molecule has 0 atom stereocenters. The zero-order chi connectivity index (χ0) is 22.6. The Bertz CT molecular complexity index is 1070. The summed E-state index contributed by atoms with van der Waals surface area (Å²) in [6.07, 6.45) is 1.47.